The minimum Gasteiger partial charge on any atom is -0.478 e. The van der Waals surface area contributed by atoms with E-state index >= 15 is 0 Å². The number of carboxylic acids is 1. The van der Waals surface area contributed by atoms with Gasteiger partial charge in [0, 0.05) is 0 Å². The third-order valence-corrected chi connectivity index (χ3v) is 3.34. The normalized spacial score (nSPS) is 16.4. The molecule has 2 heteroatoms. The van der Waals surface area contributed by atoms with Crippen LogP contribution >= 0.6 is 0 Å². The van der Waals surface area contributed by atoms with E-state index in [-0.39, 0.29) is 0 Å². The molecule has 1 aromatic rings. The fraction of sp³-hybridized carbons (Fsp3) is 0.400. The van der Waals surface area contributed by atoms with Gasteiger partial charge in [-0.25, -0.2) is 4.79 Å². The molecule has 2 nitrogen and oxygen atoms in total. The van der Waals surface area contributed by atoms with Crippen LogP contribution < -0.4 is 0 Å². The van der Waals surface area contributed by atoms with Crippen molar-refractivity contribution in [2.75, 3.05) is 0 Å². The molecule has 1 aromatic carbocycles. The second-order valence-corrected chi connectivity index (χ2v) is 4.56. The van der Waals surface area contributed by atoms with Crippen LogP contribution in [0.5, 0.6) is 0 Å². The first kappa shape index (κ1) is 11.9. The zero-order chi connectivity index (χ0) is 12.1. The Morgan fingerprint density at radius 2 is 1.53 bits per heavy atom. The maximum Gasteiger partial charge on any atom is 0.336 e. The van der Waals surface area contributed by atoms with Crippen molar-refractivity contribution in [2.24, 2.45) is 0 Å². The molecule has 1 aliphatic rings. The van der Waals surface area contributed by atoms with Gasteiger partial charge in [-0.1, -0.05) is 48.7 Å². The van der Waals surface area contributed by atoms with Crippen molar-refractivity contribution >= 4 is 11.5 Å². The largest absolute Gasteiger partial charge is 0.478 e. The lowest BCUT2D eigenvalue weighted by Crippen LogP contribution is -2.04. The molecule has 1 saturated carbocycles. The summed E-state index contributed by atoms with van der Waals surface area (Å²) in [5.74, 6) is -0.784. The Hall–Kier alpha value is -1.57. The monoisotopic (exact) mass is 230 g/mol. The van der Waals surface area contributed by atoms with Crippen LogP contribution in [-0.4, -0.2) is 11.1 Å². The number of benzene rings is 1. The Morgan fingerprint density at radius 1 is 0.941 bits per heavy atom. The summed E-state index contributed by atoms with van der Waals surface area (Å²) in [6, 6.07) is 9.49. The SMILES string of the molecule is O=C(O)C(=C1CCCCCC1)c1ccccc1. The van der Waals surface area contributed by atoms with E-state index in [1.54, 1.807) is 0 Å². The molecule has 0 bridgehead atoms. The summed E-state index contributed by atoms with van der Waals surface area (Å²) in [5, 5.41) is 9.41. The molecule has 0 aromatic heterocycles. The van der Waals surface area contributed by atoms with E-state index in [0.717, 1.165) is 36.8 Å². The molecule has 0 radical (unpaired) electrons. The van der Waals surface area contributed by atoms with Gasteiger partial charge in [0.2, 0.25) is 0 Å². The summed E-state index contributed by atoms with van der Waals surface area (Å²) in [4.78, 5) is 11.5. The van der Waals surface area contributed by atoms with Crippen molar-refractivity contribution in [3.63, 3.8) is 0 Å². The van der Waals surface area contributed by atoms with Gasteiger partial charge in [-0.05, 0) is 31.2 Å². The van der Waals surface area contributed by atoms with E-state index in [1.165, 1.54) is 12.8 Å². The van der Waals surface area contributed by atoms with E-state index in [9.17, 15) is 9.90 Å². The molecule has 0 unspecified atom stereocenters. The van der Waals surface area contributed by atoms with Crippen molar-refractivity contribution < 1.29 is 9.90 Å². The Bertz CT molecular complexity index is 408. The summed E-state index contributed by atoms with van der Waals surface area (Å²) < 4.78 is 0. The summed E-state index contributed by atoms with van der Waals surface area (Å²) in [6.45, 7) is 0. The van der Waals surface area contributed by atoms with Crippen LogP contribution in [0.2, 0.25) is 0 Å². The lowest BCUT2D eigenvalue weighted by Gasteiger charge is -2.10. The minimum atomic E-state index is -0.784. The number of hydrogen-bond donors (Lipinski definition) is 1. The van der Waals surface area contributed by atoms with Crippen molar-refractivity contribution in [1.82, 2.24) is 0 Å². The molecule has 0 amide bonds. The lowest BCUT2D eigenvalue weighted by molar-refractivity contribution is -0.130. The summed E-state index contributed by atoms with van der Waals surface area (Å²) in [7, 11) is 0. The average molecular weight is 230 g/mol. The topological polar surface area (TPSA) is 37.3 Å². The number of rotatable bonds is 2. The van der Waals surface area contributed by atoms with Gasteiger partial charge < -0.3 is 5.11 Å². The van der Waals surface area contributed by atoms with Crippen LogP contribution in [0, 0.1) is 0 Å². The summed E-state index contributed by atoms with van der Waals surface area (Å²) >= 11 is 0. The predicted octanol–water partition coefficient (Wildman–Crippen LogP) is 3.88. The van der Waals surface area contributed by atoms with Crippen LogP contribution in [0.4, 0.5) is 0 Å². The Labute approximate surface area is 102 Å². The molecule has 90 valence electrons. The van der Waals surface area contributed by atoms with Crippen molar-refractivity contribution in [1.29, 1.82) is 0 Å². The molecule has 0 aliphatic heterocycles. The molecule has 0 spiro atoms. The van der Waals surface area contributed by atoms with Gasteiger partial charge in [0.05, 0.1) is 5.57 Å². The van der Waals surface area contributed by atoms with E-state index in [0.29, 0.717) is 5.57 Å². The number of allylic oxidation sites excluding steroid dienone is 1. The Morgan fingerprint density at radius 3 is 2.06 bits per heavy atom. The van der Waals surface area contributed by atoms with E-state index in [2.05, 4.69) is 0 Å². The highest BCUT2D eigenvalue weighted by molar-refractivity contribution is 6.16. The average Bonchev–Trinajstić information content (AvgIpc) is 2.59. The third-order valence-electron chi connectivity index (χ3n) is 3.34. The van der Waals surface area contributed by atoms with E-state index in [1.807, 2.05) is 30.3 Å². The fourth-order valence-corrected chi connectivity index (χ4v) is 2.49. The smallest absolute Gasteiger partial charge is 0.336 e. The van der Waals surface area contributed by atoms with Gasteiger partial charge in [-0.2, -0.15) is 0 Å². The van der Waals surface area contributed by atoms with Crippen LogP contribution in [0.25, 0.3) is 5.57 Å². The first-order valence-electron chi connectivity index (χ1n) is 6.30. The Kier molecular flexibility index (Phi) is 3.97. The van der Waals surface area contributed by atoms with Gasteiger partial charge in [-0.3, -0.25) is 0 Å². The second kappa shape index (κ2) is 5.67. The maximum atomic E-state index is 11.5. The standard InChI is InChI=1S/C15H18O2/c16-15(17)14(13-10-6-3-7-11-13)12-8-4-1-2-5-9-12/h3,6-7,10-11H,1-2,4-5,8-9H2,(H,16,17). The molecule has 1 N–H and O–H groups in total. The van der Waals surface area contributed by atoms with Crippen molar-refractivity contribution in [3.8, 4) is 0 Å². The van der Waals surface area contributed by atoms with Gasteiger partial charge in [0.1, 0.15) is 0 Å². The van der Waals surface area contributed by atoms with E-state index in [4.69, 9.17) is 0 Å². The molecule has 0 heterocycles. The Balaban J connectivity index is 2.40. The molecule has 1 fully saturated rings. The van der Waals surface area contributed by atoms with Gasteiger partial charge in [0.25, 0.3) is 0 Å². The van der Waals surface area contributed by atoms with Crippen molar-refractivity contribution in [2.45, 2.75) is 38.5 Å². The third kappa shape index (κ3) is 2.96. The number of aliphatic carboxylic acids is 1. The van der Waals surface area contributed by atoms with Crippen LogP contribution in [0.3, 0.4) is 0 Å². The first-order chi connectivity index (χ1) is 8.29. The first-order valence-corrected chi connectivity index (χ1v) is 6.30. The minimum absolute atomic E-state index is 0.535. The van der Waals surface area contributed by atoms with Gasteiger partial charge in [0.15, 0.2) is 0 Å². The molecule has 0 atom stereocenters. The number of carbonyl (C=O) groups is 1. The molecule has 2 rings (SSSR count). The zero-order valence-electron chi connectivity index (χ0n) is 9.98. The summed E-state index contributed by atoms with van der Waals surface area (Å²) in [6.07, 6.45) is 6.58. The van der Waals surface area contributed by atoms with Gasteiger partial charge >= 0.3 is 5.97 Å². The zero-order valence-corrected chi connectivity index (χ0v) is 9.98. The quantitative estimate of drug-likeness (QED) is 0.618. The number of carboxylic acid groups (broad SMARTS) is 1. The highest BCUT2D eigenvalue weighted by Gasteiger charge is 2.17. The molecule has 1 aliphatic carbocycles. The predicted molar refractivity (Wildman–Crippen MR) is 68.7 cm³/mol. The highest BCUT2D eigenvalue weighted by Crippen LogP contribution is 2.29. The second-order valence-electron chi connectivity index (χ2n) is 4.56. The number of hydrogen-bond acceptors (Lipinski definition) is 1. The van der Waals surface area contributed by atoms with E-state index < -0.39 is 5.97 Å². The van der Waals surface area contributed by atoms with Crippen LogP contribution in [-0.2, 0) is 4.79 Å². The van der Waals surface area contributed by atoms with Crippen LogP contribution in [0.15, 0.2) is 35.9 Å². The molecular formula is C15H18O2. The highest BCUT2D eigenvalue weighted by atomic mass is 16.4. The van der Waals surface area contributed by atoms with Gasteiger partial charge in [-0.15, -0.1) is 0 Å². The fourth-order valence-electron chi connectivity index (χ4n) is 2.49. The molecule has 17 heavy (non-hydrogen) atoms. The van der Waals surface area contributed by atoms with Crippen molar-refractivity contribution in [3.05, 3.63) is 41.5 Å². The summed E-state index contributed by atoms with van der Waals surface area (Å²) in [5.41, 5.74) is 2.51. The molecular weight excluding hydrogens is 212 g/mol. The lowest BCUT2D eigenvalue weighted by atomic mass is 9.95. The van der Waals surface area contributed by atoms with Crippen LogP contribution in [0.1, 0.15) is 44.1 Å². The molecule has 0 saturated heterocycles. The maximum absolute atomic E-state index is 11.5.